The predicted octanol–water partition coefficient (Wildman–Crippen LogP) is 8.70. The third-order valence-electron chi connectivity index (χ3n) is 6.19. The summed E-state index contributed by atoms with van der Waals surface area (Å²) in [5, 5.41) is -0.0662. The van der Waals surface area contributed by atoms with Crippen LogP contribution in [0.15, 0.2) is 77.9 Å². The zero-order valence-electron chi connectivity index (χ0n) is 22.7. The number of fused-ring (bicyclic) bond motifs is 1. The van der Waals surface area contributed by atoms with Crippen molar-refractivity contribution >= 4 is 39.5 Å². The molecule has 11 heteroatoms. The molecule has 4 rings (SSSR count). The van der Waals surface area contributed by atoms with Gasteiger partial charge >= 0.3 is 6.18 Å². The number of hydrogen-bond acceptors (Lipinski definition) is 4. The predicted molar refractivity (Wildman–Crippen MR) is 154 cm³/mol. The Labute approximate surface area is 242 Å². The summed E-state index contributed by atoms with van der Waals surface area (Å²) in [7, 11) is -2.42. The van der Waals surface area contributed by atoms with E-state index in [9.17, 15) is 26.0 Å². The molecule has 1 atom stereocenters. The lowest BCUT2D eigenvalue weighted by Crippen LogP contribution is -2.38. The Morgan fingerprint density at radius 1 is 1.15 bits per heavy atom. The Morgan fingerprint density at radius 3 is 2.46 bits per heavy atom. The summed E-state index contributed by atoms with van der Waals surface area (Å²) in [5.74, 6) is 1.15. The van der Waals surface area contributed by atoms with Crippen molar-refractivity contribution in [2.45, 2.75) is 37.5 Å². The van der Waals surface area contributed by atoms with Gasteiger partial charge in [-0.25, -0.2) is 12.8 Å². The van der Waals surface area contributed by atoms with Gasteiger partial charge in [0.15, 0.2) is 0 Å². The Balaban J connectivity index is 0.000000696. The van der Waals surface area contributed by atoms with Crippen molar-refractivity contribution in [1.29, 1.82) is 0 Å². The lowest BCUT2D eigenvalue weighted by atomic mass is 10.0. The number of hydrogen-bond donors (Lipinski definition) is 0. The van der Waals surface area contributed by atoms with Crippen molar-refractivity contribution in [2.75, 3.05) is 24.6 Å². The molecule has 0 saturated carbocycles. The molecule has 0 saturated heterocycles. The van der Waals surface area contributed by atoms with Crippen LogP contribution in [0.25, 0.3) is 12.2 Å². The minimum Gasteiger partial charge on any atom is -0.502 e. The fraction of sp³-hybridized carbons (Fsp3) is 0.267. The summed E-state index contributed by atoms with van der Waals surface area (Å²) in [6, 6.07) is 13.8. The van der Waals surface area contributed by atoms with Gasteiger partial charge in [-0.3, -0.25) is 4.31 Å². The number of methoxy groups -OCH3 is 1. The second-order valence-electron chi connectivity index (χ2n) is 8.97. The van der Waals surface area contributed by atoms with E-state index in [0.29, 0.717) is 11.3 Å². The summed E-state index contributed by atoms with van der Waals surface area (Å²) in [6.45, 7) is 7.01. The van der Waals surface area contributed by atoms with Crippen LogP contribution in [0.5, 0.6) is 5.75 Å². The molecule has 0 amide bonds. The molecule has 1 heterocycles. The molecular weight excluding hydrogens is 582 g/mol. The smallest absolute Gasteiger partial charge is 0.417 e. The molecule has 3 aromatic carbocycles. The van der Waals surface area contributed by atoms with Crippen LogP contribution in [0.2, 0.25) is 5.02 Å². The van der Waals surface area contributed by atoms with E-state index >= 15 is 0 Å². The van der Waals surface area contributed by atoms with Crippen LogP contribution in [0.1, 0.15) is 48.7 Å². The molecule has 0 spiro atoms. The van der Waals surface area contributed by atoms with Crippen LogP contribution >= 0.6 is 11.6 Å². The van der Waals surface area contributed by atoms with Gasteiger partial charge in [0.1, 0.15) is 18.5 Å². The molecule has 1 aliphatic heterocycles. The maximum Gasteiger partial charge on any atom is 0.417 e. The molecular formula is C30H30ClF4NO4S. The lowest BCUT2D eigenvalue weighted by molar-refractivity contribution is -0.137. The fourth-order valence-electron chi connectivity index (χ4n) is 3.89. The highest BCUT2D eigenvalue weighted by molar-refractivity contribution is 7.92. The minimum atomic E-state index is -4.59. The maximum atomic E-state index is 13.8. The number of anilines is 1. The first-order valence-corrected chi connectivity index (χ1v) is 14.4. The van der Waals surface area contributed by atoms with Crippen LogP contribution in [0.3, 0.4) is 0 Å². The van der Waals surface area contributed by atoms with Gasteiger partial charge in [0.2, 0.25) is 0 Å². The number of ether oxygens (including phenoxy) is 2. The van der Waals surface area contributed by atoms with Gasteiger partial charge in [-0.2, -0.15) is 13.2 Å². The van der Waals surface area contributed by atoms with Crippen molar-refractivity contribution in [3.8, 4) is 5.75 Å². The van der Waals surface area contributed by atoms with E-state index in [1.54, 1.807) is 19.2 Å². The topological polar surface area (TPSA) is 55.8 Å². The molecule has 0 bridgehead atoms. The van der Waals surface area contributed by atoms with E-state index in [2.05, 4.69) is 6.58 Å². The number of benzene rings is 3. The molecule has 0 radical (unpaired) electrons. The van der Waals surface area contributed by atoms with Gasteiger partial charge in [-0.05, 0) is 54.4 Å². The number of sulfonamides is 1. The van der Waals surface area contributed by atoms with Crippen molar-refractivity contribution in [2.24, 2.45) is 0 Å². The second kappa shape index (κ2) is 13.4. The molecule has 0 aliphatic carbocycles. The highest BCUT2D eigenvalue weighted by atomic mass is 35.5. The van der Waals surface area contributed by atoms with Gasteiger partial charge < -0.3 is 9.47 Å². The second-order valence-corrected chi connectivity index (χ2v) is 11.2. The SMILES string of the molecule is C=C(CC)OC.CC(F)c1cccc(S(=O)(=O)N2CCOc3ccc(/C=C/c4c(Cl)cccc4C(F)(F)F)cc32)c1. The average Bonchev–Trinajstić information content (AvgIpc) is 2.95. The largest absolute Gasteiger partial charge is 0.502 e. The van der Waals surface area contributed by atoms with E-state index in [1.165, 1.54) is 61.5 Å². The first-order chi connectivity index (χ1) is 19.3. The zero-order valence-corrected chi connectivity index (χ0v) is 24.3. The van der Waals surface area contributed by atoms with Crippen molar-refractivity contribution in [3.63, 3.8) is 0 Å². The Bertz CT molecular complexity index is 1520. The molecule has 0 aromatic heterocycles. The van der Waals surface area contributed by atoms with Crippen LogP contribution in [0.4, 0.5) is 23.2 Å². The molecule has 220 valence electrons. The molecule has 0 N–H and O–H groups in total. The lowest BCUT2D eigenvalue weighted by Gasteiger charge is -2.31. The summed E-state index contributed by atoms with van der Waals surface area (Å²) in [4.78, 5) is -0.0702. The molecule has 0 fully saturated rings. The van der Waals surface area contributed by atoms with E-state index in [4.69, 9.17) is 21.1 Å². The molecule has 41 heavy (non-hydrogen) atoms. The quantitative estimate of drug-likeness (QED) is 0.152. The van der Waals surface area contributed by atoms with Crippen molar-refractivity contribution in [1.82, 2.24) is 0 Å². The summed E-state index contributed by atoms with van der Waals surface area (Å²) in [6.07, 6.45) is -2.37. The van der Waals surface area contributed by atoms with Gasteiger partial charge in [-0.1, -0.05) is 61.5 Å². The van der Waals surface area contributed by atoms with Crippen molar-refractivity contribution < 1.29 is 35.5 Å². The average molecular weight is 612 g/mol. The third kappa shape index (κ3) is 7.83. The number of halogens is 5. The highest BCUT2D eigenvalue weighted by Crippen LogP contribution is 2.38. The minimum absolute atomic E-state index is 0.0145. The molecule has 1 aliphatic rings. The third-order valence-corrected chi connectivity index (χ3v) is 8.33. The monoisotopic (exact) mass is 611 g/mol. The Kier molecular flexibility index (Phi) is 10.5. The summed E-state index contributed by atoms with van der Waals surface area (Å²) >= 11 is 6.02. The van der Waals surface area contributed by atoms with E-state index in [-0.39, 0.29) is 39.9 Å². The normalized spacial score (nSPS) is 14.0. The number of nitrogens with zero attached hydrogens (tertiary/aromatic N) is 1. The molecule has 3 aromatic rings. The maximum absolute atomic E-state index is 13.8. The standard InChI is InChI=1S/C25H20ClF4NO3S.C5H10O/c1-16(27)18-4-2-5-19(15-18)35(32,33)31-12-13-34-24-11-9-17(14-23(24)31)8-10-20-21(25(28,29)30)6-3-7-22(20)26;1-4-5(2)6-3/h2-11,14-16H,12-13H2,1H3;2,4H2,1,3H3/b10-8+;. The Hall–Kier alpha value is -3.50. The van der Waals surface area contributed by atoms with Gasteiger partial charge in [-0.15, -0.1) is 0 Å². The van der Waals surface area contributed by atoms with Crippen LogP contribution in [0, 0.1) is 0 Å². The number of rotatable bonds is 7. The first-order valence-electron chi connectivity index (χ1n) is 12.6. The molecule has 1 unspecified atom stereocenters. The van der Waals surface area contributed by atoms with E-state index in [0.717, 1.165) is 22.6 Å². The van der Waals surface area contributed by atoms with Gasteiger partial charge in [0.25, 0.3) is 10.0 Å². The van der Waals surface area contributed by atoms with Gasteiger partial charge in [0, 0.05) is 17.0 Å². The highest BCUT2D eigenvalue weighted by Gasteiger charge is 2.34. The summed E-state index contributed by atoms with van der Waals surface area (Å²) in [5.41, 5.74) is -0.177. The number of alkyl halides is 4. The van der Waals surface area contributed by atoms with E-state index in [1.807, 2.05) is 6.92 Å². The van der Waals surface area contributed by atoms with Gasteiger partial charge in [0.05, 0.1) is 35.6 Å². The molecule has 5 nitrogen and oxygen atoms in total. The fourth-order valence-corrected chi connectivity index (χ4v) is 5.63. The van der Waals surface area contributed by atoms with Crippen LogP contribution < -0.4 is 9.04 Å². The van der Waals surface area contributed by atoms with E-state index < -0.39 is 27.9 Å². The van der Waals surface area contributed by atoms with Crippen LogP contribution in [-0.2, 0) is 20.9 Å². The van der Waals surface area contributed by atoms with Crippen LogP contribution in [-0.4, -0.2) is 28.7 Å². The Morgan fingerprint density at radius 2 is 1.85 bits per heavy atom. The summed E-state index contributed by atoms with van der Waals surface area (Å²) < 4.78 is 92.2. The zero-order chi connectivity index (χ0) is 30.4. The van der Waals surface area contributed by atoms with Crippen molar-refractivity contribution in [3.05, 3.63) is 100 Å². The number of allylic oxidation sites excluding steroid dienone is 1. The first kappa shape index (κ1) is 32.0.